The third-order valence-corrected chi connectivity index (χ3v) is 5.77. The van der Waals surface area contributed by atoms with Crippen LogP contribution in [0.3, 0.4) is 0 Å². The second-order valence-corrected chi connectivity index (χ2v) is 7.80. The number of hydrogen-bond acceptors (Lipinski definition) is 4. The molecular formula is C15H25N3O2S. The number of likely N-dealkylation sites (N-methyl/N-ethyl adjacent to an activating group) is 1. The molecule has 1 saturated heterocycles. The summed E-state index contributed by atoms with van der Waals surface area (Å²) in [5.74, 6) is 0. The Hall–Kier alpha value is -0.950. The van der Waals surface area contributed by atoms with Crippen molar-refractivity contribution in [1.82, 2.24) is 14.1 Å². The standard InChI is InChI=1S/C15H25N3O2S/c1-14-4-6-15(7-5-14)21(19,20)18-12-10-17(11-13-18)9-8-16(2)3/h4-7H,8-13H2,1-3H3. The van der Waals surface area contributed by atoms with Gasteiger partial charge in [0.2, 0.25) is 10.0 Å². The first kappa shape index (κ1) is 16.4. The van der Waals surface area contributed by atoms with Crippen molar-refractivity contribution in [3.05, 3.63) is 29.8 Å². The number of nitrogens with zero attached hydrogens (tertiary/aromatic N) is 3. The van der Waals surface area contributed by atoms with E-state index >= 15 is 0 Å². The number of benzene rings is 1. The predicted octanol–water partition coefficient (Wildman–Crippen LogP) is 0.863. The van der Waals surface area contributed by atoms with E-state index in [0.717, 1.165) is 31.7 Å². The average molecular weight is 311 g/mol. The van der Waals surface area contributed by atoms with Gasteiger partial charge in [0, 0.05) is 39.3 Å². The highest BCUT2D eigenvalue weighted by molar-refractivity contribution is 7.89. The van der Waals surface area contributed by atoms with Gasteiger partial charge in [0.05, 0.1) is 4.90 Å². The molecule has 0 radical (unpaired) electrons. The minimum Gasteiger partial charge on any atom is -0.308 e. The first-order chi connectivity index (χ1) is 9.89. The van der Waals surface area contributed by atoms with Crippen LogP contribution < -0.4 is 0 Å². The third-order valence-electron chi connectivity index (χ3n) is 3.85. The van der Waals surface area contributed by atoms with Crippen molar-refractivity contribution in [1.29, 1.82) is 0 Å². The van der Waals surface area contributed by atoms with Gasteiger partial charge in [-0.1, -0.05) is 17.7 Å². The molecule has 2 rings (SSSR count). The Morgan fingerprint density at radius 2 is 1.62 bits per heavy atom. The molecule has 0 unspecified atom stereocenters. The molecule has 5 nitrogen and oxygen atoms in total. The van der Waals surface area contributed by atoms with Gasteiger partial charge in [0.1, 0.15) is 0 Å². The predicted molar refractivity (Wildman–Crippen MR) is 84.9 cm³/mol. The zero-order valence-corrected chi connectivity index (χ0v) is 13.9. The first-order valence-corrected chi connectivity index (χ1v) is 8.77. The molecule has 21 heavy (non-hydrogen) atoms. The van der Waals surface area contributed by atoms with E-state index in [1.54, 1.807) is 16.4 Å². The molecule has 1 fully saturated rings. The lowest BCUT2D eigenvalue weighted by molar-refractivity contribution is 0.174. The van der Waals surface area contributed by atoms with Gasteiger partial charge in [0.15, 0.2) is 0 Å². The monoisotopic (exact) mass is 311 g/mol. The summed E-state index contributed by atoms with van der Waals surface area (Å²) in [5, 5.41) is 0. The molecule has 1 aliphatic heterocycles. The number of piperazine rings is 1. The van der Waals surface area contributed by atoms with E-state index < -0.39 is 10.0 Å². The van der Waals surface area contributed by atoms with Gasteiger partial charge in [-0.15, -0.1) is 0 Å². The van der Waals surface area contributed by atoms with Crippen molar-refractivity contribution in [3.63, 3.8) is 0 Å². The van der Waals surface area contributed by atoms with Crippen molar-refractivity contribution in [3.8, 4) is 0 Å². The van der Waals surface area contributed by atoms with Gasteiger partial charge in [-0.25, -0.2) is 8.42 Å². The summed E-state index contributed by atoms with van der Waals surface area (Å²) < 4.78 is 26.7. The highest BCUT2D eigenvalue weighted by Gasteiger charge is 2.28. The normalized spacial score (nSPS) is 18.3. The van der Waals surface area contributed by atoms with Crippen LogP contribution in [-0.4, -0.2) is 75.9 Å². The van der Waals surface area contributed by atoms with E-state index in [1.165, 1.54) is 0 Å². The fourth-order valence-electron chi connectivity index (χ4n) is 2.39. The lowest BCUT2D eigenvalue weighted by Gasteiger charge is -2.34. The van der Waals surface area contributed by atoms with Crippen molar-refractivity contribution in [2.45, 2.75) is 11.8 Å². The van der Waals surface area contributed by atoms with Crippen LogP contribution in [0.25, 0.3) is 0 Å². The maximum Gasteiger partial charge on any atom is 0.243 e. The molecular weight excluding hydrogens is 286 g/mol. The van der Waals surface area contributed by atoms with Gasteiger partial charge < -0.3 is 4.90 Å². The van der Waals surface area contributed by atoms with Crippen LogP contribution in [0.15, 0.2) is 29.2 Å². The van der Waals surface area contributed by atoms with Crippen molar-refractivity contribution >= 4 is 10.0 Å². The number of hydrogen-bond donors (Lipinski definition) is 0. The number of aryl methyl sites for hydroxylation is 1. The molecule has 0 aliphatic carbocycles. The van der Waals surface area contributed by atoms with E-state index in [4.69, 9.17) is 0 Å². The molecule has 1 heterocycles. The minimum atomic E-state index is -3.34. The van der Waals surface area contributed by atoms with Crippen molar-refractivity contribution < 1.29 is 8.42 Å². The van der Waals surface area contributed by atoms with E-state index in [9.17, 15) is 8.42 Å². The molecule has 1 aromatic rings. The SMILES string of the molecule is Cc1ccc(S(=O)(=O)N2CCN(CCN(C)C)CC2)cc1. The highest BCUT2D eigenvalue weighted by Crippen LogP contribution is 2.18. The highest BCUT2D eigenvalue weighted by atomic mass is 32.2. The molecule has 1 aromatic carbocycles. The first-order valence-electron chi connectivity index (χ1n) is 7.33. The third kappa shape index (κ3) is 4.26. The fraction of sp³-hybridized carbons (Fsp3) is 0.600. The van der Waals surface area contributed by atoms with Crippen LogP contribution in [0, 0.1) is 6.92 Å². The fourth-order valence-corrected chi connectivity index (χ4v) is 3.82. The molecule has 0 amide bonds. The van der Waals surface area contributed by atoms with Crippen LogP contribution in [0.5, 0.6) is 0 Å². The summed E-state index contributed by atoms with van der Waals surface area (Å²) in [6.07, 6.45) is 0. The van der Waals surface area contributed by atoms with Crippen LogP contribution in [0.1, 0.15) is 5.56 Å². The molecule has 0 N–H and O–H groups in total. The largest absolute Gasteiger partial charge is 0.308 e. The summed E-state index contributed by atoms with van der Waals surface area (Å²) in [4.78, 5) is 4.87. The van der Waals surface area contributed by atoms with E-state index in [0.29, 0.717) is 18.0 Å². The Morgan fingerprint density at radius 1 is 1.05 bits per heavy atom. The van der Waals surface area contributed by atoms with Gasteiger partial charge in [-0.3, -0.25) is 4.90 Å². The Kier molecular flexibility index (Phi) is 5.37. The smallest absolute Gasteiger partial charge is 0.243 e. The summed E-state index contributed by atoms with van der Waals surface area (Å²) in [6, 6.07) is 7.09. The lowest BCUT2D eigenvalue weighted by Crippen LogP contribution is -2.49. The lowest BCUT2D eigenvalue weighted by atomic mass is 10.2. The minimum absolute atomic E-state index is 0.398. The molecule has 0 aromatic heterocycles. The second-order valence-electron chi connectivity index (χ2n) is 5.86. The van der Waals surface area contributed by atoms with E-state index in [1.807, 2.05) is 19.1 Å². The van der Waals surface area contributed by atoms with Crippen LogP contribution in [-0.2, 0) is 10.0 Å². The molecule has 118 valence electrons. The Balaban J connectivity index is 1.96. The maximum atomic E-state index is 12.6. The van der Waals surface area contributed by atoms with Crippen molar-refractivity contribution in [2.75, 3.05) is 53.4 Å². The van der Waals surface area contributed by atoms with E-state index in [2.05, 4.69) is 23.9 Å². The Morgan fingerprint density at radius 3 is 2.14 bits per heavy atom. The van der Waals surface area contributed by atoms with Crippen LogP contribution in [0.2, 0.25) is 0 Å². The molecule has 1 aliphatic rings. The second kappa shape index (κ2) is 6.87. The van der Waals surface area contributed by atoms with Crippen LogP contribution in [0.4, 0.5) is 0 Å². The Bertz CT molecular complexity index is 547. The van der Waals surface area contributed by atoms with E-state index in [-0.39, 0.29) is 0 Å². The summed E-state index contributed by atoms with van der Waals surface area (Å²) >= 11 is 0. The molecule has 0 bridgehead atoms. The van der Waals surface area contributed by atoms with Gasteiger partial charge in [-0.05, 0) is 33.2 Å². The van der Waals surface area contributed by atoms with Crippen LogP contribution >= 0.6 is 0 Å². The zero-order chi connectivity index (χ0) is 15.5. The number of sulfonamides is 1. The maximum absolute atomic E-state index is 12.6. The summed E-state index contributed by atoms with van der Waals surface area (Å²) in [7, 11) is 0.770. The zero-order valence-electron chi connectivity index (χ0n) is 13.1. The Labute approximate surface area is 128 Å². The topological polar surface area (TPSA) is 43.9 Å². The van der Waals surface area contributed by atoms with Gasteiger partial charge >= 0.3 is 0 Å². The van der Waals surface area contributed by atoms with Gasteiger partial charge in [0.25, 0.3) is 0 Å². The van der Waals surface area contributed by atoms with Gasteiger partial charge in [-0.2, -0.15) is 4.31 Å². The molecule has 6 heteroatoms. The molecule has 0 spiro atoms. The van der Waals surface area contributed by atoms with Crippen molar-refractivity contribution in [2.24, 2.45) is 0 Å². The number of rotatable bonds is 5. The quantitative estimate of drug-likeness (QED) is 0.809. The molecule has 0 atom stereocenters. The summed E-state index contributed by atoms with van der Waals surface area (Å²) in [5.41, 5.74) is 1.07. The average Bonchev–Trinajstić information content (AvgIpc) is 2.46. The molecule has 0 saturated carbocycles. The summed E-state index contributed by atoms with van der Waals surface area (Å²) in [6.45, 7) is 6.71.